The highest BCUT2D eigenvalue weighted by Gasteiger charge is 2.33. The number of ether oxygens (including phenoxy) is 2. The number of aliphatic hydroxyl groups is 1. The summed E-state index contributed by atoms with van der Waals surface area (Å²) in [5, 5.41) is 29.6. The van der Waals surface area contributed by atoms with Crippen molar-refractivity contribution in [3.8, 4) is 17.5 Å². The van der Waals surface area contributed by atoms with Gasteiger partial charge in [-0.25, -0.2) is 9.80 Å². The van der Waals surface area contributed by atoms with E-state index < -0.39 is 29.4 Å². The number of aromatic nitrogens is 3. The van der Waals surface area contributed by atoms with Crippen molar-refractivity contribution < 1.29 is 14.6 Å². The first-order valence-corrected chi connectivity index (χ1v) is 11.6. The third-order valence-electron chi connectivity index (χ3n) is 5.54. The predicted octanol–water partition coefficient (Wildman–Crippen LogP) is 2.53. The number of halogens is 2. The topological polar surface area (TPSA) is 146 Å². The Morgan fingerprint density at radius 3 is 2.60 bits per heavy atom. The van der Waals surface area contributed by atoms with E-state index in [2.05, 4.69) is 10.2 Å². The summed E-state index contributed by atoms with van der Waals surface area (Å²) < 4.78 is 12.5. The molecule has 4 rings (SSSR count). The molecule has 1 fully saturated rings. The van der Waals surface area contributed by atoms with E-state index in [-0.39, 0.29) is 33.3 Å². The largest absolute Gasteiger partial charge is 0.434 e. The van der Waals surface area contributed by atoms with Crippen LogP contribution in [-0.2, 0) is 4.74 Å². The van der Waals surface area contributed by atoms with E-state index in [0.717, 1.165) is 17.5 Å². The molecule has 1 aromatic heterocycles. The Balaban J connectivity index is 1.70. The van der Waals surface area contributed by atoms with Gasteiger partial charge in [-0.05, 0) is 42.9 Å². The van der Waals surface area contributed by atoms with Crippen molar-refractivity contribution in [2.24, 2.45) is 11.0 Å². The molecule has 184 valence electrons. The number of benzene rings is 1. The van der Waals surface area contributed by atoms with Crippen LogP contribution in [0, 0.1) is 17.2 Å². The van der Waals surface area contributed by atoms with Crippen LogP contribution >= 0.6 is 23.2 Å². The number of hydrogen-bond donors (Lipinski definition) is 2. The molecule has 13 heteroatoms. The zero-order valence-electron chi connectivity index (χ0n) is 18.9. The van der Waals surface area contributed by atoms with Crippen LogP contribution < -0.4 is 16.0 Å². The molecular formula is C22H22Cl2N6O5. The molecule has 3 heterocycles. The highest BCUT2D eigenvalue weighted by Crippen LogP contribution is 2.36. The van der Waals surface area contributed by atoms with E-state index >= 15 is 0 Å². The summed E-state index contributed by atoms with van der Waals surface area (Å²) in [7, 11) is 0. The van der Waals surface area contributed by atoms with Crippen molar-refractivity contribution in [3.05, 3.63) is 60.4 Å². The second-order valence-electron chi connectivity index (χ2n) is 8.28. The molecule has 2 atom stereocenters. The molecular weight excluding hydrogens is 499 g/mol. The van der Waals surface area contributed by atoms with Crippen LogP contribution in [0.2, 0.25) is 10.0 Å². The number of hydrazone groups is 1. The zero-order valence-corrected chi connectivity index (χ0v) is 20.4. The van der Waals surface area contributed by atoms with Gasteiger partial charge in [0.15, 0.2) is 12.0 Å². The van der Waals surface area contributed by atoms with Gasteiger partial charge in [0.05, 0.1) is 15.7 Å². The van der Waals surface area contributed by atoms with E-state index in [4.69, 9.17) is 37.9 Å². The summed E-state index contributed by atoms with van der Waals surface area (Å²) >= 11 is 12.8. The lowest BCUT2D eigenvalue weighted by atomic mass is 9.99. The summed E-state index contributed by atoms with van der Waals surface area (Å²) in [5.41, 5.74) is -1.47. The lowest BCUT2D eigenvalue weighted by Crippen LogP contribution is -2.47. The van der Waals surface area contributed by atoms with Crippen LogP contribution in [0.25, 0.3) is 5.69 Å². The van der Waals surface area contributed by atoms with Crippen molar-refractivity contribution in [3.63, 3.8) is 0 Å². The molecule has 2 aliphatic heterocycles. The molecule has 0 bridgehead atoms. The molecule has 0 radical (unpaired) electrons. The van der Waals surface area contributed by atoms with Gasteiger partial charge in [-0.15, -0.1) is 10.2 Å². The highest BCUT2D eigenvalue weighted by atomic mass is 35.5. The Morgan fingerprint density at radius 1 is 1.29 bits per heavy atom. The fraction of sp³-hybridized carbons (Fsp3) is 0.409. The number of nitriles is 1. The Labute approximate surface area is 209 Å². The third kappa shape index (κ3) is 5.11. The Morgan fingerprint density at radius 2 is 2.00 bits per heavy atom. The quantitative estimate of drug-likeness (QED) is 0.624. The molecule has 2 unspecified atom stereocenters. The van der Waals surface area contributed by atoms with Crippen LogP contribution in [0.3, 0.4) is 0 Å². The van der Waals surface area contributed by atoms with Crippen LogP contribution in [0.1, 0.15) is 38.8 Å². The monoisotopic (exact) mass is 520 g/mol. The summed E-state index contributed by atoms with van der Waals surface area (Å²) in [6, 6.07) is 4.31. The molecule has 2 aromatic rings. The lowest BCUT2D eigenvalue weighted by molar-refractivity contribution is -0.140. The van der Waals surface area contributed by atoms with Crippen LogP contribution in [0.15, 0.2) is 38.5 Å². The number of aromatic amines is 1. The minimum atomic E-state index is -0.966. The predicted molar refractivity (Wildman–Crippen MR) is 128 cm³/mol. The van der Waals surface area contributed by atoms with E-state index in [1.807, 2.05) is 18.8 Å². The van der Waals surface area contributed by atoms with Gasteiger partial charge in [0.1, 0.15) is 12.3 Å². The average molecular weight is 521 g/mol. The number of nitrogens with zero attached hydrogens (tertiary/aromatic N) is 5. The van der Waals surface area contributed by atoms with Gasteiger partial charge in [0, 0.05) is 12.7 Å². The van der Waals surface area contributed by atoms with Crippen LogP contribution in [-0.4, -0.2) is 49.8 Å². The first kappa shape index (κ1) is 24.9. The van der Waals surface area contributed by atoms with E-state index in [1.165, 1.54) is 17.1 Å². The summed E-state index contributed by atoms with van der Waals surface area (Å²) in [5.74, 6) is 0.205. The maximum absolute atomic E-state index is 12.2. The average Bonchev–Trinajstić information content (AvgIpc) is 2.82. The van der Waals surface area contributed by atoms with Gasteiger partial charge in [-0.3, -0.25) is 9.78 Å². The maximum atomic E-state index is 12.2. The molecule has 2 N–H and O–H groups in total. The van der Waals surface area contributed by atoms with Gasteiger partial charge in [0.2, 0.25) is 11.6 Å². The Bertz CT molecular complexity index is 1330. The second kappa shape index (κ2) is 10.2. The number of H-pyrrole nitrogens is 1. The van der Waals surface area contributed by atoms with Crippen molar-refractivity contribution in [1.29, 1.82) is 5.26 Å². The minimum Gasteiger partial charge on any atom is -0.434 e. The Hall–Kier alpha value is -3.17. The van der Waals surface area contributed by atoms with Gasteiger partial charge in [0.25, 0.3) is 5.56 Å². The third-order valence-corrected chi connectivity index (χ3v) is 6.10. The maximum Gasteiger partial charge on any atom is 0.349 e. The molecule has 0 saturated carbocycles. The zero-order chi connectivity index (χ0) is 25.3. The fourth-order valence-electron chi connectivity index (χ4n) is 3.76. The molecule has 35 heavy (non-hydrogen) atoms. The summed E-state index contributed by atoms with van der Waals surface area (Å²) in [4.78, 5) is 25.8. The second-order valence-corrected chi connectivity index (χ2v) is 9.10. The molecule has 11 nitrogen and oxygen atoms in total. The molecule has 1 aromatic carbocycles. The molecule has 0 aliphatic carbocycles. The fourth-order valence-corrected chi connectivity index (χ4v) is 4.31. The van der Waals surface area contributed by atoms with Crippen molar-refractivity contribution in [1.82, 2.24) is 19.8 Å². The SMILES string of the molecule is CC(C)C1=CC(Oc2c(Cl)cc(-n3nc(C#N)c(=O)[nH]c3=O)cc2Cl)=NN(C2CCCCO2)C1O. The normalized spacial score (nSPS) is 20.3. The molecule has 2 aliphatic rings. The molecule has 1 saturated heterocycles. The van der Waals surface area contributed by atoms with Gasteiger partial charge < -0.3 is 14.6 Å². The minimum absolute atomic E-state index is 0.00831. The van der Waals surface area contributed by atoms with Gasteiger partial charge >= 0.3 is 5.69 Å². The van der Waals surface area contributed by atoms with Crippen molar-refractivity contribution >= 4 is 29.1 Å². The van der Waals surface area contributed by atoms with Crippen molar-refractivity contribution in [2.75, 3.05) is 6.61 Å². The lowest BCUT2D eigenvalue weighted by Gasteiger charge is -2.38. The van der Waals surface area contributed by atoms with Gasteiger partial charge in [-0.1, -0.05) is 37.0 Å². The number of nitrogens with one attached hydrogen (secondary N) is 1. The molecule has 0 amide bonds. The van der Waals surface area contributed by atoms with Gasteiger partial charge in [-0.2, -0.15) is 9.94 Å². The molecule has 0 spiro atoms. The first-order chi connectivity index (χ1) is 16.7. The van der Waals surface area contributed by atoms with E-state index in [0.29, 0.717) is 18.6 Å². The van der Waals surface area contributed by atoms with Crippen LogP contribution in [0.4, 0.5) is 0 Å². The number of rotatable bonds is 4. The summed E-state index contributed by atoms with van der Waals surface area (Å²) in [6.07, 6.45) is 2.86. The van der Waals surface area contributed by atoms with E-state index in [1.54, 1.807) is 12.1 Å². The standard InChI is InChI=1S/C22H22Cl2N6O5/c1-11(2)13-9-17(28-30(21(13)32)18-5-3-4-6-34-18)35-19-14(23)7-12(8-15(19)24)29-22(33)26-20(31)16(10-25)27-29/h7-9,11,18,21,32H,3-6H2,1-2H3,(H,26,31,33). The Kier molecular flexibility index (Phi) is 7.28. The van der Waals surface area contributed by atoms with Crippen LogP contribution in [0.5, 0.6) is 5.75 Å². The smallest absolute Gasteiger partial charge is 0.349 e. The first-order valence-electron chi connectivity index (χ1n) is 10.9. The van der Waals surface area contributed by atoms with Crippen molar-refractivity contribution in [2.45, 2.75) is 45.6 Å². The number of hydrogen-bond acceptors (Lipinski definition) is 9. The highest BCUT2D eigenvalue weighted by molar-refractivity contribution is 6.37. The summed E-state index contributed by atoms with van der Waals surface area (Å²) in [6.45, 7) is 4.46. The van der Waals surface area contributed by atoms with E-state index in [9.17, 15) is 14.7 Å². The number of aliphatic hydroxyl groups excluding tert-OH is 1.